The normalized spacial score (nSPS) is 13.2. The minimum Gasteiger partial charge on any atom is -0.272 e. The SMILES string of the molecule is CC(C)(C)c1ccn(CCC(F)(F)F)n1. The Balaban J connectivity index is 2.62. The molecule has 0 bridgehead atoms. The fraction of sp³-hybridized carbons (Fsp3) is 0.700. The third-order valence-corrected chi connectivity index (χ3v) is 2.03. The van der Waals surface area contributed by atoms with Gasteiger partial charge in [0.25, 0.3) is 0 Å². The Labute approximate surface area is 87.1 Å². The molecule has 1 aromatic heterocycles. The molecule has 0 radical (unpaired) electrons. The van der Waals surface area contributed by atoms with Crippen molar-refractivity contribution < 1.29 is 13.2 Å². The summed E-state index contributed by atoms with van der Waals surface area (Å²) in [6, 6.07) is 1.76. The molecule has 0 fully saturated rings. The third kappa shape index (κ3) is 3.93. The summed E-state index contributed by atoms with van der Waals surface area (Å²) >= 11 is 0. The van der Waals surface area contributed by atoms with E-state index in [0.717, 1.165) is 5.69 Å². The topological polar surface area (TPSA) is 17.8 Å². The molecule has 1 aromatic rings. The van der Waals surface area contributed by atoms with Gasteiger partial charge >= 0.3 is 6.18 Å². The molecule has 0 spiro atoms. The van der Waals surface area contributed by atoms with E-state index in [1.54, 1.807) is 12.3 Å². The van der Waals surface area contributed by atoms with E-state index < -0.39 is 12.6 Å². The molecule has 0 aromatic carbocycles. The van der Waals surface area contributed by atoms with Crippen molar-refractivity contribution in [2.24, 2.45) is 0 Å². The zero-order valence-corrected chi connectivity index (χ0v) is 9.10. The summed E-state index contributed by atoms with van der Waals surface area (Å²) in [5.74, 6) is 0. The van der Waals surface area contributed by atoms with E-state index in [1.807, 2.05) is 20.8 Å². The molecule has 0 aliphatic carbocycles. The molecule has 0 saturated heterocycles. The lowest BCUT2D eigenvalue weighted by molar-refractivity contribution is -0.137. The van der Waals surface area contributed by atoms with Crippen LogP contribution in [0, 0.1) is 0 Å². The summed E-state index contributed by atoms with van der Waals surface area (Å²) in [6.07, 6.45) is -3.36. The molecule has 0 atom stereocenters. The summed E-state index contributed by atoms with van der Waals surface area (Å²) < 4.78 is 37.2. The largest absolute Gasteiger partial charge is 0.390 e. The standard InChI is InChI=1S/C10H15F3N2/c1-9(2,3)8-4-6-15(14-8)7-5-10(11,12)13/h4,6H,5,7H2,1-3H3. The van der Waals surface area contributed by atoms with Gasteiger partial charge in [-0.05, 0) is 6.07 Å². The molecule has 86 valence electrons. The predicted molar refractivity (Wildman–Crippen MR) is 51.6 cm³/mol. The smallest absolute Gasteiger partial charge is 0.272 e. The highest BCUT2D eigenvalue weighted by Gasteiger charge is 2.27. The van der Waals surface area contributed by atoms with Crippen LogP contribution in [0.1, 0.15) is 32.9 Å². The Morgan fingerprint density at radius 1 is 1.27 bits per heavy atom. The molecule has 1 rings (SSSR count). The zero-order chi connectivity index (χ0) is 11.7. The quantitative estimate of drug-likeness (QED) is 0.748. The van der Waals surface area contributed by atoms with Crippen molar-refractivity contribution in [2.75, 3.05) is 0 Å². The fourth-order valence-electron chi connectivity index (χ4n) is 1.13. The minimum atomic E-state index is -4.12. The van der Waals surface area contributed by atoms with Gasteiger partial charge in [-0.3, -0.25) is 4.68 Å². The molecule has 0 saturated carbocycles. The minimum absolute atomic E-state index is 0.112. The number of nitrogens with zero attached hydrogens (tertiary/aromatic N) is 2. The van der Waals surface area contributed by atoms with E-state index in [2.05, 4.69) is 5.10 Å². The van der Waals surface area contributed by atoms with Gasteiger partial charge in [0.15, 0.2) is 0 Å². The van der Waals surface area contributed by atoms with Gasteiger partial charge in [-0.25, -0.2) is 0 Å². The number of hydrogen-bond donors (Lipinski definition) is 0. The molecule has 15 heavy (non-hydrogen) atoms. The highest BCUT2D eigenvalue weighted by atomic mass is 19.4. The van der Waals surface area contributed by atoms with Crippen molar-refractivity contribution in [2.45, 2.75) is 45.3 Å². The van der Waals surface area contributed by atoms with Gasteiger partial charge in [-0.1, -0.05) is 20.8 Å². The number of halogens is 3. The number of aromatic nitrogens is 2. The maximum absolute atomic E-state index is 11.9. The Hall–Kier alpha value is -1.00. The fourth-order valence-corrected chi connectivity index (χ4v) is 1.13. The van der Waals surface area contributed by atoms with E-state index >= 15 is 0 Å². The van der Waals surface area contributed by atoms with Gasteiger partial charge in [-0.15, -0.1) is 0 Å². The second kappa shape index (κ2) is 3.87. The van der Waals surface area contributed by atoms with Crippen LogP contribution < -0.4 is 0 Å². The lowest BCUT2D eigenvalue weighted by Gasteiger charge is -2.14. The van der Waals surface area contributed by atoms with Gasteiger partial charge in [0.2, 0.25) is 0 Å². The Kier molecular flexibility index (Phi) is 3.11. The zero-order valence-electron chi connectivity index (χ0n) is 9.10. The van der Waals surface area contributed by atoms with Crippen LogP contribution in [0.2, 0.25) is 0 Å². The van der Waals surface area contributed by atoms with Gasteiger partial charge < -0.3 is 0 Å². The maximum Gasteiger partial charge on any atom is 0.390 e. The highest BCUT2D eigenvalue weighted by Crippen LogP contribution is 2.22. The van der Waals surface area contributed by atoms with Crippen LogP contribution in [-0.4, -0.2) is 16.0 Å². The monoisotopic (exact) mass is 220 g/mol. The van der Waals surface area contributed by atoms with Crippen LogP contribution in [-0.2, 0) is 12.0 Å². The van der Waals surface area contributed by atoms with E-state index in [-0.39, 0.29) is 12.0 Å². The first-order chi connectivity index (χ1) is 6.68. The van der Waals surface area contributed by atoms with E-state index in [1.165, 1.54) is 4.68 Å². The van der Waals surface area contributed by atoms with Gasteiger partial charge in [0, 0.05) is 18.2 Å². The van der Waals surface area contributed by atoms with Crippen molar-refractivity contribution in [3.05, 3.63) is 18.0 Å². The van der Waals surface area contributed by atoms with Crippen molar-refractivity contribution in [1.82, 2.24) is 9.78 Å². The van der Waals surface area contributed by atoms with Gasteiger partial charge in [0.05, 0.1) is 12.1 Å². The van der Waals surface area contributed by atoms with Crippen molar-refractivity contribution in [1.29, 1.82) is 0 Å². The van der Waals surface area contributed by atoms with Crippen molar-refractivity contribution >= 4 is 0 Å². The van der Waals surface area contributed by atoms with Crippen LogP contribution in [0.4, 0.5) is 13.2 Å². The molecular formula is C10H15F3N2. The molecule has 0 aliphatic heterocycles. The number of aryl methyl sites for hydroxylation is 1. The van der Waals surface area contributed by atoms with Crippen LogP contribution >= 0.6 is 0 Å². The lowest BCUT2D eigenvalue weighted by Crippen LogP contribution is -2.15. The first kappa shape index (κ1) is 12.1. The Morgan fingerprint density at radius 3 is 2.27 bits per heavy atom. The van der Waals surface area contributed by atoms with Crippen LogP contribution in [0.5, 0.6) is 0 Å². The molecule has 0 amide bonds. The maximum atomic E-state index is 11.9. The molecule has 5 heteroatoms. The van der Waals surface area contributed by atoms with Gasteiger partial charge in [0.1, 0.15) is 0 Å². The summed E-state index contributed by atoms with van der Waals surface area (Å²) in [6.45, 7) is 5.82. The molecular weight excluding hydrogens is 205 g/mol. The average molecular weight is 220 g/mol. The second-order valence-electron chi connectivity index (χ2n) is 4.58. The van der Waals surface area contributed by atoms with Crippen molar-refractivity contribution in [3.8, 4) is 0 Å². The molecule has 0 N–H and O–H groups in total. The second-order valence-corrected chi connectivity index (χ2v) is 4.58. The average Bonchev–Trinajstić information content (AvgIpc) is 2.45. The van der Waals surface area contributed by atoms with Crippen molar-refractivity contribution in [3.63, 3.8) is 0 Å². The summed E-state index contributed by atoms with van der Waals surface area (Å²) in [5, 5.41) is 4.10. The van der Waals surface area contributed by atoms with Crippen LogP contribution in [0.3, 0.4) is 0 Å². The van der Waals surface area contributed by atoms with Crippen LogP contribution in [0.25, 0.3) is 0 Å². The van der Waals surface area contributed by atoms with E-state index in [0.29, 0.717) is 0 Å². The number of rotatable bonds is 2. The summed E-state index contributed by atoms with van der Waals surface area (Å²) in [7, 11) is 0. The first-order valence-corrected chi connectivity index (χ1v) is 4.79. The molecule has 2 nitrogen and oxygen atoms in total. The lowest BCUT2D eigenvalue weighted by atomic mass is 9.93. The number of hydrogen-bond acceptors (Lipinski definition) is 1. The number of alkyl halides is 3. The van der Waals surface area contributed by atoms with Crippen LogP contribution in [0.15, 0.2) is 12.3 Å². The Bertz CT molecular complexity index is 320. The van der Waals surface area contributed by atoms with Gasteiger partial charge in [-0.2, -0.15) is 18.3 Å². The Morgan fingerprint density at radius 2 is 1.87 bits per heavy atom. The van der Waals surface area contributed by atoms with E-state index in [4.69, 9.17) is 0 Å². The third-order valence-electron chi connectivity index (χ3n) is 2.03. The predicted octanol–water partition coefficient (Wildman–Crippen LogP) is 3.13. The van der Waals surface area contributed by atoms with E-state index in [9.17, 15) is 13.2 Å². The highest BCUT2D eigenvalue weighted by molar-refractivity contribution is 5.10. The molecule has 1 heterocycles. The first-order valence-electron chi connectivity index (χ1n) is 4.79. The molecule has 0 unspecified atom stereocenters. The summed E-state index contributed by atoms with van der Waals surface area (Å²) in [5.41, 5.74) is 0.688. The molecule has 0 aliphatic rings. The summed E-state index contributed by atoms with van der Waals surface area (Å²) in [4.78, 5) is 0.